The van der Waals surface area contributed by atoms with Gasteiger partial charge in [-0.05, 0) is 39.0 Å². The topological polar surface area (TPSA) is 14.2 Å². The Morgan fingerprint density at radius 2 is 2.00 bits per heavy atom. The molecule has 2 nitrogen and oxygen atoms in total. The maximum atomic E-state index is 6.13. The molecule has 0 unspecified atom stereocenters. The van der Waals surface area contributed by atoms with Crippen LogP contribution in [0.2, 0.25) is 5.02 Å². The highest BCUT2D eigenvalue weighted by molar-refractivity contribution is 6.35. The SMILES string of the molecule is CC(C)(C)OCCn1ccc2c(Cl)cccc21. The number of aromatic nitrogens is 1. The van der Waals surface area contributed by atoms with Crippen molar-refractivity contribution in [2.24, 2.45) is 0 Å². The second-order valence-corrected chi connectivity index (χ2v) is 5.55. The van der Waals surface area contributed by atoms with E-state index in [0.29, 0.717) is 6.61 Å². The third kappa shape index (κ3) is 3.02. The van der Waals surface area contributed by atoms with Gasteiger partial charge >= 0.3 is 0 Å². The molecule has 0 aliphatic carbocycles. The van der Waals surface area contributed by atoms with Crippen molar-refractivity contribution in [3.63, 3.8) is 0 Å². The van der Waals surface area contributed by atoms with E-state index in [1.54, 1.807) is 0 Å². The summed E-state index contributed by atoms with van der Waals surface area (Å²) >= 11 is 6.13. The molecule has 0 N–H and O–H groups in total. The zero-order valence-corrected chi connectivity index (χ0v) is 11.3. The minimum absolute atomic E-state index is 0.0827. The van der Waals surface area contributed by atoms with E-state index in [-0.39, 0.29) is 5.60 Å². The van der Waals surface area contributed by atoms with E-state index in [1.807, 2.05) is 12.1 Å². The fourth-order valence-corrected chi connectivity index (χ4v) is 2.06. The average molecular weight is 252 g/mol. The van der Waals surface area contributed by atoms with E-state index in [4.69, 9.17) is 16.3 Å². The van der Waals surface area contributed by atoms with Gasteiger partial charge in [0.25, 0.3) is 0 Å². The van der Waals surface area contributed by atoms with Gasteiger partial charge in [0.05, 0.1) is 12.2 Å². The van der Waals surface area contributed by atoms with Gasteiger partial charge in [-0.3, -0.25) is 0 Å². The van der Waals surface area contributed by atoms with Crippen LogP contribution in [0.3, 0.4) is 0 Å². The Morgan fingerprint density at radius 1 is 1.24 bits per heavy atom. The zero-order valence-electron chi connectivity index (χ0n) is 10.5. The maximum Gasteiger partial charge on any atom is 0.0652 e. The lowest BCUT2D eigenvalue weighted by Gasteiger charge is -2.19. The van der Waals surface area contributed by atoms with Crippen LogP contribution in [0.4, 0.5) is 0 Å². The standard InChI is InChI=1S/C14H18ClNO/c1-14(2,3)17-10-9-16-8-7-11-12(15)5-4-6-13(11)16/h4-8H,9-10H2,1-3H3. The summed E-state index contributed by atoms with van der Waals surface area (Å²) in [6.45, 7) is 7.76. The predicted molar refractivity (Wildman–Crippen MR) is 72.7 cm³/mol. The lowest BCUT2D eigenvalue weighted by atomic mass is 10.2. The molecule has 1 aromatic carbocycles. The van der Waals surface area contributed by atoms with Crippen molar-refractivity contribution in [1.82, 2.24) is 4.57 Å². The van der Waals surface area contributed by atoms with Crippen molar-refractivity contribution in [1.29, 1.82) is 0 Å². The quantitative estimate of drug-likeness (QED) is 0.801. The highest BCUT2D eigenvalue weighted by Gasteiger charge is 2.10. The number of benzene rings is 1. The minimum Gasteiger partial charge on any atom is -0.374 e. The lowest BCUT2D eigenvalue weighted by molar-refractivity contribution is -0.00644. The molecule has 92 valence electrons. The van der Waals surface area contributed by atoms with Crippen LogP contribution in [0.25, 0.3) is 10.9 Å². The average Bonchev–Trinajstić information content (AvgIpc) is 2.61. The van der Waals surface area contributed by atoms with Crippen molar-refractivity contribution < 1.29 is 4.74 Å². The molecule has 3 heteroatoms. The summed E-state index contributed by atoms with van der Waals surface area (Å²) in [4.78, 5) is 0. The van der Waals surface area contributed by atoms with Gasteiger partial charge < -0.3 is 9.30 Å². The van der Waals surface area contributed by atoms with Crippen molar-refractivity contribution in [2.45, 2.75) is 32.9 Å². The molecule has 1 aromatic heterocycles. The van der Waals surface area contributed by atoms with Gasteiger partial charge in [-0.15, -0.1) is 0 Å². The summed E-state index contributed by atoms with van der Waals surface area (Å²) in [6, 6.07) is 8.03. The lowest BCUT2D eigenvalue weighted by Crippen LogP contribution is -2.21. The largest absolute Gasteiger partial charge is 0.374 e. The normalized spacial score (nSPS) is 12.2. The van der Waals surface area contributed by atoms with Crippen LogP contribution in [-0.4, -0.2) is 16.8 Å². The Bertz CT molecular complexity index is 510. The van der Waals surface area contributed by atoms with Crippen LogP contribution in [0.5, 0.6) is 0 Å². The summed E-state index contributed by atoms with van der Waals surface area (Å²) in [5.41, 5.74) is 1.08. The first-order chi connectivity index (χ1) is 7.97. The summed E-state index contributed by atoms with van der Waals surface area (Å²) in [5.74, 6) is 0. The molecular formula is C14H18ClNO. The van der Waals surface area contributed by atoms with Crippen molar-refractivity contribution in [3.8, 4) is 0 Å². The molecule has 2 aromatic rings. The Morgan fingerprint density at radius 3 is 2.71 bits per heavy atom. The fourth-order valence-electron chi connectivity index (χ4n) is 1.83. The van der Waals surface area contributed by atoms with Gasteiger partial charge in [-0.1, -0.05) is 17.7 Å². The molecule has 2 rings (SSSR count). The maximum absolute atomic E-state index is 6.13. The second kappa shape index (κ2) is 4.71. The van der Waals surface area contributed by atoms with Crippen LogP contribution in [0.15, 0.2) is 30.5 Å². The molecule has 0 radical (unpaired) electrons. The van der Waals surface area contributed by atoms with Gasteiger partial charge in [0.1, 0.15) is 0 Å². The number of nitrogens with zero attached hydrogens (tertiary/aromatic N) is 1. The number of hydrogen-bond acceptors (Lipinski definition) is 1. The number of hydrogen-bond donors (Lipinski definition) is 0. The third-order valence-corrected chi connectivity index (χ3v) is 2.96. The Kier molecular flexibility index (Phi) is 3.45. The van der Waals surface area contributed by atoms with Gasteiger partial charge in [0.2, 0.25) is 0 Å². The van der Waals surface area contributed by atoms with E-state index in [9.17, 15) is 0 Å². The van der Waals surface area contributed by atoms with Gasteiger partial charge in [-0.25, -0.2) is 0 Å². The molecule has 0 atom stereocenters. The van der Waals surface area contributed by atoms with E-state index < -0.39 is 0 Å². The summed E-state index contributed by atoms with van der Waals surface area (Å²) in [6.07, 6.45) is 2.06. The molecule has 0 saturated heterocycles. The number of rotatable bonds is 3. The van der Waals surface area contributed by atoms with Gasteiger partial charge in [-0.2, -0.15) is 0 Å². The second-order valence-electron chi connectivity index (χ2n) is 5.14. The van der Waals surface area contributed by atoms with Crippen LogP contribution < -0.4 is 0 Å². The first-order valence-corrected chi connectivity index (χ1v) is 6.22. The molecule has 17 heavy (non-hydrogen) atoms. The monoisotopic (exact) mass is 251 g/mol. The van der Waals surface area contributed by atoms with Crippen molar-refractivity contribution in [2.75, 3.05) is 6.61 Å². The van der Waals surface area contributed by atoms with Crippen LogP contribution in [-0.2, 0) is 11.3 Å². The summed E-state index contributed by atoms with van der Waals surface area (Å²) in [5, 5.41) is 1.91. The van der Waals surface area contributed by atoms with E-state index in [1.165, 1.54) is 0 Å². The van der Waals surface area contributed by atoms with Crippen molar-refractivity contribution >= 4 is 22.5 Å². The number of fused-ring (bicyclic) bond motifs is 1. The van der Waals surface area contributed by atoms with Crippen LogP contribution in [0, 0.1) is 0 Å². The van der Waals surface area contributed by atoms with E-state index >= 15 is 0 Å². The molecule has 0 aliphatic rings. The molecule has 1 heterocycles. The summed E-state index contributed by atoms with van der Waals surface area (Å²) < 4.78 is 7.90. The Hall–Kier alpha value is -0.990. The highest BCUT2D eigenvalue weighted by Crippen LogP contribution is 2.24. The molecule has 0 spiro atoms. The molecule has 0 saturated carbocycles. The molecule has 0 amide bonds. The van der Waals surface area contributed by atoms with E-state index in [2.05, 4.69) is 43.7 Å². The van der Waals surface area contributed by atoms with Crippen LogP contribution >= 0.6 is 11.6 Å². The Balaban J connectivity index is 2.12. The third-order valence-electron chi connectivity index (χ3n) is 2.63. The van der Waals surface area contributed by atoms with Gasteiger partial charge in [0, 0.05) is 28.7 Å². The first kappa shape index (κ1) is 12.5. The fraction of sp³-hybridized carbons (Fsp3) is 0.429. The van der Waals surface area contributed by atoms with Crippen LogP contribution in [0.1, 0.15) is 20.8 Å². The predicted octanol–water partition coefficient (Wildman–Crippen LogP) is 4.11. The molecular weight excluding hydrogens is 234 g/mol. The zero-order chi connectivity index (χ0) is 12.5. The Labute approximate surface area is 107 Å². The molecule has 0 fully saturated rings. The minimum atomic E-state index is -0.0827. The molecule has 0 bridgehead atoms. The number of ether oxygens (including phenoxy) is 1. The molecule has 0 aliphatic heterocycles. The van der Waals surface area contributed by atoms with Crippen molar-refractivity contribution in [3.05, 3.63) is 35.5 Å². The smallest absolute Gasteiger partial charge is 0.0652 e. The van der Waals surface area contributed by atoms with Gasteiger partial charge in [0.15, 0.2) is 0 Å². The van der Waals surface area contributed by atoms with E-state index in [0.717, 1.165) is 22.5 Å². The number of halogens is 1. The summed E-state index contributed by atoms with van der Waals surface area (Å²) in [7, 11) is 0. The highest BCUT2D eigenvalue weighted by atomic mass is 35.5. The first-order valence-electron chi connectivity index (χ1n) is 5.85.